The van der Waals surface area contributed by atoms with Gasteiger partial charge in [-0.15, -0.1) is 0 Å². The molecule has 19 heavy (non-hydrogen) atoms. The molecule has 0 amide bonds. The van der Waals surface area contributed by atoms with Crippen molar-refractivity contribution in [3.63, 3.8) is 0 Å². The van der Waals surface area contributed by atoms with E-state index in [1.54, 1.807) is 7.11 Å². The first-order valence-electron chi connectivity index (χ1n) is 6.55. The molecular weight excluding hydrogens is 236 g/mol. The molecule has 0 aliphatic carbocycles. The van der Waals surface area contributed by atoms with Crippen molar-refractivity contribution in [1.29, 1.82) is 0 Å². The maximum atomic E-state index is 5.21. The zero-order chi connectivity index (χ0) is 13.3. The van der Waals surface area contributed by atoms with E-state index in [0.29, 0.717) is 6.61 Å². The van der Waals surface area contributed by atoms with Crippen LogP contribution in [0, 0.1) is 0 Å². The number of hydrogen-bond donors (Lipinski definition) is 1. The normalized spacial score (nSPS) is 10.6. The molecule has 0 atom stereocenters. The lowest BCUT2D eigenvalue weighted by Gasteiger charge is -2.10. The van der Waals surface area contributed by atoms with Crippen LogP contribution >= 0.6 is 0 Å². The molecule has 0 radical (unpaired) electrons. The summed E-state index contributed by atoms with van der Waals surface area (Å²) in [7, 11) is 1.73. The molecule has 2 aromatic rings. The number of rotatable bonds is 7. The highest BCUT2D eigenvalue weighted by Gasteiger charge is 2.00. The van der Waals surface area contributed by atoms with Crippen molar-refractivity contribution < 1.29 is 4.74 Å². The van der Waals surface area contributed by atoms with Crippen molar-refractivity contribution in [2.45, 2.75) is 19.6 Å². The molecule has 1 aromatic carbocycles. The second-order valence-electron chi connectivity index (χ2n) is 4.48. The fraction of sp³-hybridized carbons (Fsp3) is 0.312. The van der Waals surface area contributed by atoms with Gasteiger partial charge < -0.3 is 10.1 Å². The third-order valence-electron chi connectivity index (χ3n) is 3.07. The topological polar surface area (TPSA) is 34.1 Å². The van der Waals surface area contributed by atoms with E-state index >= 15 is 0 Å². The minimum absolute atomic E-state index is 0.669. The van der Waals surface area contributed by atoms with Crippen molar-refractivity contribution in [1.82, 2.24) is 10.3 Å². The molecule has 3 nitrogen and oxygen atoms in total. The minimum Gasteiger partial charge on any atom is -0.380 e. The van der Waals surface area contributed by atoms with Gasteiger partial charge in [0.25, 0.3) is 0 Å². The Morgan fingerprint density at radius 2 is 1.79 bits per heavy atom. The van der Waals surface area contributed by atoms with Crippen molar-refractivity contribution in [3.8, 4) is 0 Å². The van der Waals surface area contributed by atoms with E-state index < -0.39 is 0 Å². The third-order valence-corrected chi connectivity index (χ3v) is 3.07. The summed E-state index contributed by atoms with van der Waals surface area (Å²) < 4.78 is 5.21. The summed E-state index contributed by atoms with van der Waals surface area (Å²) in [4.78, 5) is 4.02. The van der Waals surface area contributed by atoms with E-state index in [9.17, 15) is 0 Å². The van der Waals surface area contributed by atoms with Gasteiger partial charge in [0.2, 0.25) is 0 Å². The van der Waals surface area contributed by atoms with Crippen LogP contribution < -0.4 is 5.32 Å². The zero-order valence-corrected chi connectivity index (χ0v) is 11.3. The molecule has 0 bridgehead atoms. The largest absolute Gasteiger partial charge is 0.380 e. The molecule has 0 fully saturated rings. The van der Waals surface area contributed by atoms with Crippen LogP contribution in [-0.2, 0) is 24.3 Å². The average Bonchev–Trinajstić information content (AvgIpc) is 2.47. The number of benzene rings is 1. The van der Waals surface area contributed by atoms with Crippen LogP contribution in [0.15, 0.2) is 48.8 Å². The highest BCUT2D eigenvalue weighted by atomic mass is 16.5. The van der Waals surface area contributed by atoms with Crippen LogP contribution in [0.2, 0.25) is 0 Å². The van der Waals surface area contributed by atoms with Crippen molar-refractivity contribution in [3.05, 3.63) is 65.5 Å². The lowest BCUT2D eigenvalue weighted by atomic mass is 10.1. The van der Waals surface area contributed by atoms with Crippen LogP contribution in [0.5, 0.6) is 0 Å². The number of pyridine rings is 1. The first-order valence-corrected chi connectivity index (χ1v) is 6.55. The second kappa shape index (κ2) is 7.67. The number of nitrogens with zero attached hydrogens (tertiary/aromatic N) is 1. The summed E-state index contributed by atoms with van der Waals surface area (Å²) in [6.45, 7) is 2.51. The molecule has 1 N–H and O–H groups in total. The van der Waals surface area contributed by atoms with Gasteiger partial charge in [-0.2, -0.15) is 0 Å². The highest BCUT2D eigenvalue weighted by Crippen LogP contribution is 2.09. The number of methoxy groups -OCH3 is 1. The Kier molecular flexibility index (Phi) is 5.53. The van der Waals surface area contributed by atoms with Gasteiger partial charge in [-0.25, -0.2) is 0 Å². The van der Waals surface area contributed by atoms with Gasteiger partial charge >= 0.3 is 0 Å². The molecule has 2 rings (SSSR count). The van der Waals surface area contributed by atoms with Crippen LogP contribution in [0.25, 0.3) is 0 Å². The smallest absolute Gasteiger partial charge is 0.0716 e. The highest BCUT2D eigenvalue weighted by molar-refractivity contribution is 5.26. The fourth-order valence-electron chi connectivity index (χ4n) is 2.03. The summed E-state index contributed by atoms with van der Waals surface area (Å²) in [6.07, 6.45) is 4.70. The van der Waals surface area contributed by atoms with E-state index in [1.807, 2.05) is 12.4 Å². The lowest BCUT2D eigenvalue weighted by molar-refractivity contribution is 0.184. The quantitative estimate of drug-likeness (QED) is 0.773. The van der Waals surface area contributed by atoms with E-state index in [2.05, 4.69) is 46.7 Å². The summed E-state index contributed by atoms with van der Waals surface area (Å²) in [5.74, 6) is 0. The third kappa shape index (κ3) is 4.47. The van der Waals surface area contributed by atoms with E-state index in [0.717, 1.165) is 19.5 Å². The van der Waals surface area contributed by atoms with E-state index in [-0.39, 0.29) is 0 Å². The Balaban J connectivity index is 1.79. The summed E-state index contributed by atoms with van der Waals surface area (Å²) >= 11 is 0. The Morgan fingerprint density at radius 1 is 1.05 bits per heavy atom. The van der Waals surface area contributed by atoms with Crippen LogP contribution in [0.4, 0.5) is 0 Å². The van der Waals surface area contributed by atoms with Crippen LogP contribution in [0.1, 0.15) is 16.7 Å². The molecule has 100 valence electrons. The van der Waals surface area contributed by atoms with Gasteiger partial charge in [-0.1, -0.05) is 24.3 Å². The van der Waals surface area contributed by atoms with Gasteiger partial charge in [-0.3, -0.25) is 4.98 Å². The van der Waals surface area contributed by atoms with Crippen molar-refractivity contribution in [2.75, 3.05) is 13.7 Å². The van der Waals surface area contributed by atoms with Gasteiger partial charge in [0.1, 0.15) is 0 Å². The Hall–Kier alpha value is -1.71. The molecule has 1 heterocycles. The lowest BCUT2D eigenvalue weighted by Crippen LogP contribution is -2.17. The maximum absolute atomic E-state index is 5.21. The SMILES string of the molecule is COCc1ccccc1CNCCc1ccncc1. The molecule has 0 saturated carbocycles. The predicted molar refractivity (Wildman–Crippen MR) is 76.8 cm³/mol. The molecule has 1 aromatic heterocycles. The van der Waals surface area contributed by atoms with Crippen LogP contribution in [-0.4, -0.2) is 18.6 Å². The molecular formula is C16H20N2O. The van der Waals surface area contributed by atoms with Crippen molar-refractivity contribution >= 4 is 0 Å². The van der Waals surface area contributed by atoms with Crippen molar-refractivity contribution in [2.24, 2.45) is 0 Å². The van der Waals surface area contributed by atoms with E-state index in [1.165, 1.54) is 16.7 Å². The Labute approximate surface area is 114 Å². The molecule has 3 heteroatoms. The molecule has 0 unspecified atom stereocenters. The number of nitrogens with one attached hydrogen (secondary N) is 1. The van der Waals surface area contributed by atoms with Gasteiger partial charge in [0.05, 0.1) is 6.61 Å². The Bertz CT molecular complexity index is 485. The molecule has 0 saturated heterocycles. The molecule has 0 aliphatic rings. The molecule has 0 aliphatic heterocycles. The first kappa shape index (κ1) is 13.7. The zero-order valence-electron chi connectivity index (χ0n) is 11.3. The summed E-state index contributed by atoms with van der Waals surface area (Å²) in [5, 5.41) is 3.47. The minimum atomic E-state index is 0.669. The van der Waals surface area contributed by atoms with Crippen LogP contribution in [0.3, 0.4) is 0 Å². The summed E-state index contributed by atoms with van der Waals surface area (Å²) in [5.41, 5.74) is 3.87. The van der Waals surface area contributed by atoms with Gasteiger partial charge in [-0.05, 0) is 41.8 Å². The standard InChI is InChI=1S/C16H20N2O/c1-19-13-16-5-3-2-4-15(16)12-18-11-8-14-6-9-17-10-7-14/h2-7,9-10,18H,8,11-13H2,1H3. The predicted octanol–water partition coefficient (Wildman–Crippen LogP) is 2.56. The van der Waals surface area contributed by atoms with Gasteiger partial charge in [0.15, 0.2) is 0 Å². The monoisotopic (exact) mass is 256 g/mol. The maximum Gasteiger partial charge on any atom is 0.0716 e. The Morgan fingerprint density at radius 3 is 2.53 bits per heavy atom. The molecule has 0 spiro atoms. The number of aromatic nitrogens is 1. The number of hydrogen-bond acceptors (Lipinski definition) is 3. The average molecular weight is 256 g/mol. The summed E-state index contributed by atoms with van der Waals surface area (Å²) in [6, 6.07) is 12.5. The first-order chi connectivity index (χ1) is 9.40. The van der Waals surface area contributed by atoms with Gasteiger partial charge in [0, 0.05) is 26.0 Å². The number of ether oxygens (including phenoxy) is 1. The van der Waals surface area contributed by atoms with E-state index in [4.69, 9.17) is 4.74 Å². The second-order valence-corrected chi connectivity index (χ2v) is 4.48. The fourth-order valence-corrected chi connectivity index (χ4v) is 2.03.